The smallest absolute Gasteiger partial charge is 0.256 e. The van der Waals surface area contributed by atoms with Crippen molar-refractivity contribution in [1.82, 2.24) is 9.88 Å². The SMILES string of the molecule is CN(C)Cc1c(O)c2ccccc2[nH]c1=O. The van der Waals surface area contributed by atoms with Gasteiger partial charge >= 0.3 is 0 Å². The van der Waals surface area contributed by atoms with Gasteiger partial charge in [0.2, 0.25) is 0 Å². The van der Waals surface area contributed by atoms with E-state index in [1.54, 1.807) is 12.1 Å². The van der Waals surface area contributed by atoms with Crippen molar-refractivity contribution in [2.75, 3.05) is 14.1 Å². The Morgan fingerprint density at radius 1 is 1.31 bits per heavy atom. The molecule has 1 aromatic carbocycles. The molecule has 2 N–H and O–H groups in total. The molecule has 0 unspecified atom stereocenters. The number of benzene rings is 1. The second-order valence-corrected chi connectivity index (χ2v) is 4.06. The predicted octanol–water partition coefficient (Wildman–Crippen LogP) is 1.30. The topological polar surface area (TPSA) is 56.3 Å². The summed E-state index contributed by atoms with van der Waals surface area (Å²) in [5.74, 6) is 0.0769. The van der Waals surface area contributed by atoms with Crippen LogP contribution in [0.25, 0.3) is 10.9 Å². The Bertz CT molecular complexity index is 573. The molecule has 0 aliphatic carbocycles. The normalized spacial score (nSPS) is 11.2. The van der Waals surface area contributed by atoms with Crippen molar-refractivity contribution < 1.29 is 5.11 Å². The lowest BCUT2D eigenvalue weighted by Gasteiger charge is -2.11. The van der Waals surface area contributed by atoms with Gasteiger partial charge in [0.05, 0.1) is 11.1 Å². The zero-order valence-corrected chi connectivity index (χ0v) is 9.32. The van der Waals surface area contributed by atoms with E-state index >= 15 is 0 Å². The number of para-hydroxylation sites is 1. The van der Waals surface area contributed by atoms with Crippen LogP contribution in [0.15, 0.2) is 29.1 Å². The summed E-state index contributed by atoms with van der Waals surface area (Å²) >= 11 is 0. The number of hydrogen-bond acceptors (Lipinski definition) is 3. The van der Waals surface area contributed by atoms with E-state index in [0.29, 0.717) is 23.0 Å². The Balaban J connectivity index is 2.71. The number of fused-ring (bicyclic) bond motifs is 1. The number of nitrogens with zero attached hydrogens (tertiary/aromatic N) is 1. The number of H-pyrrole nitrogens is 1. The summed E-state index contributed by atoms with van der Waals surface area (Å²) in [5, 5.41) is 10.7. The molecule has 2 aromatic rings. The zero-order chi connectivity index (χ0) is 11.7. The van der Waals surface area contributed by atoms with E-state index in [-0.39, 0.29) is 11.3 Å². The maximum absolute atomic E-state index is 11.7. The molecule has 4 nitrogen and oxygen atoms in total. The van der Waals surface area contributed by atoms with Crippen LogP contribution in [-0.4, -0.2) is 29.1 Å². The number of hydrogen-bond donors (Lipinski definition) is 2. The van der Waals surface area contributed by atoms with Crippen molar-refractivity contribution >= 4 is 10.9 Å². The summed E-state index contributed by atoms with van der Waals surface area (Å²) in [5.41, 5.74) is 0.834. The first-order valence-electron chi connectivity index (χ1n) is 5.07. The van der Waals surface area contributed by atoms with Crippen LogP contribution in [0.2, 0.25) is 0 Å². The number of rotatable bonds is 2. The fourth-order valence-corrected chi connectivity index (χ4v) is 1.73. The minimum atomic E-state index is -0.232. The minimum absolute atomic E-state index is 0.0769. The van der Waals surface area contributed by atoms with Crippen LogP contribution >= 0.6 is 0 Å². The van der Waals surface area contributed by atoms with E-state index in [1.807, 2.05) is 31.1 Å². The first-order valence-corrected chi connectivity index (χ1v) is 5.07. The summed E-state index contributed by atoms with van der Waals surface area (Å²) in [6.07, 6.45) is 0. The van der Waals surface area contributed by atoms with Gasteiger partial charge in [-0.15, -0.1) is 0 Å². The Hall–Kier alpha value is -1.81. The van der Waals surface area contributed by atoms with Gasteiger partial charge in [-0.2, -0.15) is 0 Å². The molecule has 2 rings (SSSR count). The molecule has 0 atom stereocenters. The van der Waals surface area contributed by atoms with Crippen molar-refractivity contribution in [3.05, 3.63) is 40.2 Å². The van der Waals surface area contributed by atoms with Crippen LogP contribution in [0.3, 0.4) is 0 Å². The predicted molar refractivity (Wildman–Crippen MR) is 63.6 cm³/mol. The van der Waals surface area contributed by atoms with E-state index in [2.05, 4.69) is 4.98 Å². The van der Waals surface area contributed by atoms with E-state index in [9.17, 15) is 9.90 Å². The Labute approximate surface area is 93.1 Å². The summed E-state index contributed by atoms with van der Waals surface area (Å²) in [6.45, 7) is 0.423. The van der Waals surface area contributed by atoms with Gasteiger partial charge in [0.25, 0.3) is 5.56 Å². The summed E-state index contributed by atoms with van der Waals surface area (Å²) < 4.78 is 0. The standard InChI is InChI=1S/C12H14N2O2/c1-14(2)7-9-11(15)8-5-3-4-6-10(8)13-12(9)16/h3-6H,7H2,1-2H3,(H2,13,15,16). The summed E-state index contributed by atoms with van der Waals surface area (Å²) in [7, 11) is 3.71. The molecule has 0 radical (unpaired) electrons. The van der Waals surface area contributed by atoms with Gasteiger partial charge in [0, 0.05) is 11.9 Å². The molecule has 1 aromatic heterocycles. The monoisotopic (exact) mass is 218 g/mol. The summed E-state index contributed by atoms with van der Waals surface area (Å²) in [6, 6.07) is 7.22. The number of pyridine rings is 1. The fourth-order valence-electron chi connectivity index (χ4n) is 1.73. The van der Waals surface area contributed by atoms with Gasteiger partial charge in [-0.1, -0.05) is 12.1 Å². The second-order valence-electron chi connectivity index (χ2n) is 4.06. The van der Waals surface area contributed by atoms with E-state index in [4.69, 9.17) is 0 Å². The molecular weight excluding hydrogens is 204 g/mol. The van der Waals surface area contributed by atoms with Crippen LogP contribution in [0, 0.1) is 0 Å². The third kappa shape index (κ3) is 1.79. The highest BCUT2D eigenvalue weighted by Crippen LogP contribution is 2.24. The molecule has 16 heavy (non-hydrogen) atoms. The van der Waals surface area contributed by atoms with Gasteiger partial charge < -0.3 is 15.0 Å². The van der Waals surface area contributed by atoms with Crippen molar-refractivity contribution in [1.29, 1.82) is 0 Å². The lowest BCUT2D eigenvalue weighted by molar-refractivity contribution is 0.385. The average molecular weight is 218 g/mol. The van der Waals surface area contributed by atoms with Gasteiger partial charge in [0.1, 0.15) is 5.75 Å². The number of nitrogens with one attached hydrogen (secondary N) is 1. The number of aromatic hydroxyl groups is 1. The van der Waals surface area contributed by atoms with Crippen molar-refractivity contribution in [3.8, 4) is 5.75 Å². The summed E-state index contributed by atoms with van der Waals surface area (Å²) in [4.78, 5) is 16.4. The number of aromatic amines is 1. The van der Waals surface area contributed by atoms with Crippen LogP contribution in [0.4, 0.5) is 0 Å². The maximum atomic E-state index is 11.7. The molecule has 4 heteroatoms. The minimum Gasteiger partial charge on any atom is -0.507 e. The molecule has 0 amide bonds. The Kier molecular flexibility index (Phi) is 2.66. The van der Waals surface area contributed by atoms with Crippen LogP contribution in [0.5, 0.6) is 5.75 Å². The lowest BCUT2D eigenvalue weighted by Crippen LogP contribution is -2.20. The zero-order valence-electron chi connectivity index (χ0n) is 9.32. The van der Waals surface area contributed by atoms with Gasteiger partial charge in [-0.3, -0.25) is 4.79 Å². The van der Waals surface area contributed by atoms with Crippen molar-refractivity contribution in [2.24, 2.45) is 0 Å². The van der Waals surface area contributed by atoms with Crippen LogP contribution in [-0.2, 0) is 6.54 Å². The Morgan fingerprint density at radius 3 is 2.69 bits per heavy atom. The van der Waals surface area contributed by atoms with E-state index < -0.39 is 0 Å². The maximum Gasteiger partial charge on any atom is 0.256 e. The third-order valence-corrected chi connectivity index (χ3v) is 2.46. The van der Waals surface area contributed by atoms with E-state index in [0.717, 1.165) is 0 Å². The molecule has 1 heterocycles. The van der Waals surface area contributed by atoms with Gasteiger partial charge in [-0.25, -0.2) is 0 Å². The molecule has 0 bridgehead atoms. The molecule has 84 valence electrons. The highest BCUT2D eigenvalue weighted by molar-refractivity contribution is 5.85. The number of aromatic nitrogens is 1. The van der Waals surface area contributed by atoms with Crippen LogP contribution < -0.4 is 5.56 Å². The van der Waals surface area contributed by atoms with Crippen molar-refractivity contribution in [2.45, 2.75) is 6.54 Å². The molecule has 0 saturated heterocycles. The first kappa shape index (κ1) is 10.7. The Morgan fingerprint density at radius 2 is 2.00 bits per heavy atom. The van der Waals surface area contributed by atoms with Gasteiger partial charge in [0.15, 0.2) is 0 Å². The first-order chi connectivity index (χ1) is 7.59. The second kappa shape index (κ2) is 3.98. The highest BCUT2D eigenvalue weighted by atomic mass is 16.3. The van der Waals surface area contributed by atoms with Crippen LogP contribution in [0.1, 0.15) is 5.56 Å². The highest BCUT2D eigenvalue weighted by Gasteiger charge is 2.11. The molecule has 0 aliphatic heterocycles. The van der Waals surface area contributed by atoms with Gasteiger partial charge in [-0.05, 0) is 26.2 Å². The molecule has 0 aliphatic rings. The molecular formula is C12H14N2O2. The quantitative estimate of drug-likeness (QED) is 0.798. The fraction of sp³-hybridized carbons (Fsp3) is 0.250. The third-order valence-electron chi connectivity index (χ3n) is 2.46. The average Bonchev–Trinajstić information content (AvgIpc) is 2.24. The lowest BCUT2D eigenvalue weighted by atomic mass is 10.1. The van der Waals surface area contributed by atoms with Crippen molar-refractivity contribution in [3.63, 3.8) is 0 Å². The van der Waals surface area contributed by atoms with E-state index in [1.165, 1.54) is 0 Å². The largest absolute Gasteiger partial charge is 0.507 e. The molecule has 0 saturated carbocycles. The molecule has 0 fully saturated rings. The molecule has 0 spiro atoms.